The molecule has 1 aromatic rings. The topological polar surface area (TPSA) is 127 Å². The Morgan fingerprint density at radius 3 is 2.58 bits per heavy atom. The van der Waals surface area contributed by atoms with E-state index in [9.17, 15) is 23.3 Å². The van der Waals surface area contributed by atoms with Crippen LogP contribution in [0.1, 0.15) is 6.42 Å². The molecular weight excluding hydrogens is 276 g/mol. The summed E-state index contributed by atoms with van der Waals surface area (Å²) in [6.07, 6.45) is 0.745. The van der Waals surface area contributed by atoms with Crippen molar-refractivity contribution in [3.63, 3.8) is 0 Å². The number of hydrogen-bond acceptors (Lipinski definition) is 6. The summed E-state index contributed by atoms with van der Waals surface area (Å²) in [5.74, 6) is -1.04. The minimum absolute atomic E-state index is 0.00833. The Hall–Kier alpha value is -2.16. The standard InChI is InChI=1S/C10H12N2O6S/c1-19(17,18)7-2-3-8(9(6-7)12(15)16)11-5-4-10(13)14/h2-3,6,11H,4-5H2,1H3,(H,13,14). The first-order valence-corrected chi connectivity index (χ1v) is 7.05. The fourth-order valence-corrected chi connectivity index (χ4v) is 1.99. The van der Waals surface area contributed by atoms with Crippen LogP contribution >= 0.6 is 0 Å². The lowest BCUT2D eigenvalue weighted by molar-refractivity contribution is -0.384. The van der Waals surface area contributed by atoms with Crippen LogP contribution in [0.2, 0.25) is 0 Å². The van der Waals surface area contributed by atoms with Gasteiger partial charge < -0.3 is 10.4 Å². The zero-order valence-electron chi connectivity index (χ0n) is 9.99. The molecule has 2 N–H and O–H groups in total. The van der Waals surface area contributed by atoms with Gasteiger partial charge in [-0.1, -0.05) is 0 Å². The highest BCUT2D eigenvalue weighted by Gasteiger charge is 2.18. The fraction of sp³-hybridized carbons (Fsp3) is 0.300. The number of sulfone groups is 1. The van der Waals surface area contributed by atoms with Crippen molar-refractivity contribution in [2.24, 2.45) is 0 Å². The van der Waals surface area contributed by atoms with Crippen LogP contribution in [0.4, 0.5) is 11.4 Å². The lowest BCUT2D eigenvalue weighted by atomic mass is 10.2. The molecular formula is C10H12N2O6S. The number of anilines is 1. The van der Waals surface area contributed by atoms with E-state index in [1.807, 2.05) is 0 Å². The SMILES string of the molecule is CS(=O)(=O)c1ccc(NCCC(=O)O)c([N+](=O)[O-])c1. The van der Waals surface area contributed by atoms with E-state index in [0.717, 1.165) is 12.3 Å². The van der Waals surface area contributed by atoms with Gasteiger partial charge in [-0.05, 0) is 12.1 Å². The van der Waals surface area contributed by atoms with Crippen molar-refractivity contribution < 1.29 is 23.2 Å². The third-order valence-electron chi connectivity index (χ3n) is 2.25. The quantitative estimate of drug-likeness (QED) is 0.587. The third-order valence-corrected chi connectivity index (χ3v) is 3.36. The number of carboxylic acid groups (broad SMARTS) is 1. The molecule has 0 saturated carbocycles. The first-order chi connectivity index (χ1) is 8.71. The Labute approximate surface area is 109 Å². The fourth-order valence-electron chi connectivity index (χ4n) is 1.35. The van der Waals surface area contributed by atoms with Crippen molar-refractivity contribution in [3.8, 4) is 0 Å². The van der Waals surface area contributed by atoms with Crippen molar-refractivity contribution in [3.05, 3.63) is 28.3 Å². The second kappa shape index (κ2) is 5.65. The van der Waals surface area contributed by atoms with E-state index in [2.05, 4.69) is 5.32 Å². The Kier molecular flexibility index (Phi) is 4.43. The number of nitrogens with one attached hydrogen (secondary N) is 1. The smallest absolute Gasteiger partial charge is 0.305 e. The second-order valence-corrected chi connectivity index (χ2v) is 5.79. The molecule has 0 spiro atoms. The van der Waals surface area contributed by atoms with Crippen LogP contribution in [0.3, 0.4) is 0 Å². The molecule has 0 unspecified atom stereocenters. The van der Waals surface area contributed by atoms with Crippen molar-refractivity contribution in [1.29, 1.82) is 0 Å². The van der Waals surface area contributed by atoms with Crippen LogP contribution < -0.4 is 5.32 Å². The summed E-state index contributed by atoms with van der Waals surface area (Å²) in [5, 5.41) is 21.9. The molecule has 0 aliphatic rings. The maximum Gasteiger partial charge on any atom is 0.305 e. The van der Waals surface area contributed by atoms with Crippen LogP contribution in [0, 0.1) is 10.1 Å². The van der Waals surface area contributed by atoms with Crippen LogP contribution in [0.25, 0.3) is 0 Å². The van der Waals surface area contributed by atoms with Crippen LogP contribution in [-0.4, -0.2) is 37.2 Å². The molecule has 8 nitrogen and oxygen atoms in total. The lowest BCUT2D eigenvalue weighted by Crippen LogP contribution is -2.09. The van der Waals surface area contributed by atoms with Gasteiger partial charge in [0.05, 0.1) is 16.2 Å². The van der Waals surface area contributed by atoms with Gasteiger partial charge >= 0.3 is 5.97 Å². The van der Waals surface area contributed by atoms with Gasteiger partial charge in [-0.15, -0.1) is 0 Å². The first-order valence-electron chi connectivity index (χ1n) is 5.16. The molecule has 0 heterocycles. The van der Waals surface area contributed by atoms with Crippen LogP contribution in [0.5, 0.6) is 0 Å². The number of carboxylic acids is 1. The van der Waals surface area contributed by atoms with E-state index in [1.165, 1.54) is 12.1 Å². The molecule has 0 saturated heterocycles. The van der Waals surface area contributed by atoms with Gasteiger partial charge in [-0.3, -0.25) is 14.9 Å². The highest BCUT2D eigenvalue weighted by atomic mass is 32.2. The van der Waals surface area contributed by atoms with Crippen LogP contribution in [0.15, 0.2) is 23.1 Å². The molecule has 1 rings (SSSR count). The van der Waals surface area contributed by atoms with E-state index in [-0.39, 0.29) is 23.5 Å². The molecule has 0 amide bonds. The molecule has 0 bridgehead atoms. The maximum atomic E-state index is 11.3. The summed E-state index contributed by atoms with van der Waals surface area (Å²) in [6, 6.07) is 3.42. The van der Waals surface area contributed by atoms with E-state index in [1.54, 1.807) is 0 Å². The van der Waals surface area contributed by atoms with Crippen LogP contribution in [-0.2, 0) is 14.6 Å². The summed E-state index contributed by atoms with van der Waals surface area (Å²) in [7, 11) is -3.54. The zero-order valence-corrected chi connectivity index (χ0v) is 10.8. The Morgan fingerprint density at radius 2 is 2.11 bits per heavy atom. The number of benzene rings is 1. The van der Waals surface area contributed by atoms with Crippen molar-refractivity contribution in [2.75, 3.05) is 18.1 Å². The van der Waals surface area contributed by atoms with Crippen molar-refractivity contribution in [2.45, 2.75) is 11.3 Å². The normalized spacial score (nSPS) is 11.0. The Balaban J connectivity index is 3.06. The predicted molar refractivity (Wildman–Crippen MR) is 66.9 cm³/mol. The summed E-state index contributed by atoms with van der Waals surface area (Å²) < 4.78 is 22.6. The minimum atomic E-state index is -3.54. The molecule has 0 atom stereocenters. The number of nitro groups is 1. The van der Waals surface area contributed by atoms with Gasteiger partial charge in [-0.2, -0.15) is 0 Å². The Morgan fingerprint density at radius 1 is 1.47 bits per heavy atom. The summed E-state index contributed by atoms with van der Waals surface area (Å²) in [6.45, 7) is 0.00833. The van der Waals surface area contributed by atoms with E-state index >= 15 is 0 Å². The Bertz CT molecular complexity index is 610. The average molecular weight is 288 g/mol. The number of aliphatic carboxylic acids is 1. The molecule has 1 aromatic carbocycles. The highest BCUT2D eigenvalue weighted by molar-refractivity contribution is 7.90. The minimum Gasteiger partial charge on any atom is -0.481 e. The van der Waals surface area contributed by atoms with Gasteiger partial charge in [-0.25, -0.2) is 8.42 Å². The predicted octanol–water partition coefficient (Wildman–Crippen LogP) is 0.885. The number of nitrogens with zero attached hydrogens (tertiary/aromatic N) is 1. The molecule has 0 fully saturated rings. The summed E-state index contributed by atoms with van der Waals surface area (Å²) in [5.41, 5.74) is -0.327. The molecule has 0 aromatic heterocycles. The van der Waals surface area contributed by atoms with Gasteiger partial charge in [0, 0.05) is 18.9 Å². The largest absolute Gasteiger partial charge is 0.481 e. The summed E-state index contributed by atoms with van der Waals surface area (Å²) in [4.78, 5) is 20.3. The maximum absolute atomic E-state index is 11.3. The van der Waals surface area contributed by atoms with Crippen molar-refractivity contribution in [1.82, 2.24) is 0 Å². The summed E-state index contributed by atoms with van der Waals surface area (Å²) >= 11 is 0. The average Bonchev–Trinajstić information content (AvgIpc) is 2.27. The van der Waals surface area contributed by atoms with Gasteiger partial charge in [0.15, 0.2) is 9.84 Å². The van der Waals surface area contributed by atoms with E-state index in [4.69, 9.17) is 5.11 Å². The van der Waals surface area contributed by atoms with E-state index < -0.39 is 26.4 Å². The number of carbonyl (C=O) groups is 1. The molecule has 0 aliphatic heterocycles. The zero-order chi connectivity index (χ0) is 14.6. The first kappa shape index (κ1) is 14.9. The molecule has 9 heteroatoms. The monoisotopic (exact) mass is 288 g/mol. The van der Waals surface area contributed by atoms with Gasteiger partial charge in [0.2, 0.25) is 0 Å². The third kappa shape index (κ3) is 4.21. The highest BCUT2D eigenvalue weighted by Crippen LogP contribution is 2.27. The van der Waals surface area contributed by atoms with Gasteiger partial charge in [0.1, 0.15) is 5.69 Å². The van der Waals surface area contributed by atoms with Gasteiger partial charge in [0.25, 0.3) is 5.69 Å². The second-order valence-electron chi connectivity index (χ2n) is 3.78. The molecule has 104 valence electrons. The molecule has 0 aliphatic carbocycles. The number of rotatable bonds is 6. The van der Waals surface area contributed by atoms with Crippen molar-refractivity contribution >= 4 is 27.2 Å². The molecule has 0 radical (unpaired) electrons. The lowest BCUT2D eigenvalue weighted by Gasteiger charge is -2.07. The number of hydrogen-bond donors (Lipinski definition) is 2. The number of nitro benzene ring substituents is 1. The molecule has 19 heavy (non-hydrogen) atoms. The van der Waals surface area contributed by atoms with E-state index in [0.29, 0.717) is 0 Å².